The molecule has 0 bridgehead atoms. The van der Waals surface area contributed by atoms with Gasteiger partial charge in [-0.05, 0) is 50.9 Å². The summed E-state index contributed by atoms with van der Waals surface area (Å²) in [6.45, 7) is 0. The third-order valence-electron chi connectivity index (χ3n) is 5.75. The predicted molar refractivity (Wildman–Crippen MR) is 132 cm³/mol. The molecule has 0 saturated heterocycles. The SMILES string of the molecule is c1ccc(-c2ccc(Cc3ccc(-c4ccc(-c5ccccc5)cc4)cc3)cc2)cc1. The van der Waals surface area contributed by atoms with E-state index >= 15 is 0 Å². The summed E-state index contributed by atoms with van der Waals surface area (Å²) in [5.41, 5.74) is 10.2. The summed E-state index contributed by atoms with van der Waals surface area (Å²) in [5, 5.41) is 0. The zero-order chi connectivity index (χ0) is 20.9. The Morgan fingerprint density at radius 1 is 0.258 bits per heavy atom. The molecule has 0 fully saturated rings. The lowest BCUT2D eigenvalue weighted by molar-refractivity contribution is 1.19. The summed E-state index contributed by atoms with van der Waals surface area (Å²) in [5.74, 6) is 0. The lowest BCUT2D eigenvalue weighted by Gasteiger charge is -2.08. The molecule has 0 heterocycles. The molecule has 0 aliphatic carbocycles. The Hall–Kier alpha value is -3.90. The lowest BCUT2D eigenvalue weighted by Crippen LogP contribution is -1.89. The van der Waals surface area contributed by atoms with E-state index in [9.17, 15) is 0 Å². The van der Waals surface area contributed by atoms with Crippen LogP contribution >= 0.6 is 0 Å². The molecule has 0 amide bonds. The van der Waals surface area contributed by atoms with Gasteiger partial charge in [-0.15, -0.1) is 0 Å². The quantitative estimate of drug-likeness (QED) is 0.280. The molecule has 0 nitrogen and oxygen atoms in total. The van der Waals surface area contributed by atoms with Crippen LogP contribution in [0.4, 0.5) is 0 Å². The topological polar surface area (TPSA) is 0 Å². The molecule has 0 aromatic heterocycles. The molecular formula is C31H24. The Labute approximate surface area is 184 Å². The van der Waals surface area contributed by atoms with E-state index in [2.05, 4.69) is 133 Å². The van der Waals surface area contributed by atoms with Crippen LogP contribution in [0.1, 0.15) is 11.1 Å². The Bertz CT molecular complexity index is 1230. The summed E-state index contributed by atoms with van der Waals surface area (Å²) in [4.78, 5) is 0. The monoisotopic (exact) mass is 396 g/mol. The van der Waals surface area contributed by atoms with Gasteiger partial charge in [0.25, 0.3) is 0 Å². The summed E-state index contributed by atoms with van der Waals surface area (Å²) >= 11 is 0. The van der Waals surface area contributed by atoms with Crippen molar-refractivity contribution >= 4 is 0 Å². The van der Waals surface area contributed by atoms with E-state index in [1.54, 1.807) is 0 Å². The van der Waals surface area contributed by atoms with Gasteiger partial charge >= 0.3 is 0 Å². The number of hydrogen-bond acceptors (Lipinski definition) is 0. The van der Waals surface area contributed by atoms with Gasteiger partial charge in [0, 0.05) is 0 Å². The smallest absolute Gasteiger partial charge is 0.00258 e. The highest BCUT2D eigenvalue weighted by Gasteiger charge is 2.03. The first-order valence-electron chi connectivity index (χ1n) is 10.7. The van der Waals surface area contributed by atoms with Crippen molar-refractivity contribution in [2.45, 2.75) is 6.42 Å². The molecule has 0 saturated carbocycles. The summed E-state index contributed by atoms with van der Waals surface area (Å²) < 4.78 is 0. The van der Waals surface area contributed by atoms with Crippen LogP contribution in [0.3, 0.4) is 0 Å². The minimum atomic E-state index is 0.947. The molecule has 5 aromatic rings. The maximum Gasteiger partial charge on any atom is -0.00258 e. The maximum absolute atomic E-state index is 2.24. The van der Waals surface area contributed by atoms with E-state index in [1.807, 2.05) is 0 Å². The van der Waals surface area contributed by atoms with Gasteiger partial charge in [-0.1, -0.05) is 133 Å². The van der Waals surface area contributed by atoms with Crippen molar-refractivity contribution in [1.29, 1.82) is 0 Å². The average molecular weight is 397 g/mol. The Morgan fingerprint density at radius 2 is 0.516 bits per heavy atom. The molecule has 0 radical (unpaired) electrons. The van der Waals surface area contributed by atoms with Crippen LogP contribution in [-0.4, -0.2) is 0 Å². The lowest BCUT2D eigenvalue weighted by atomic mass is 9.97. The molecule has 148 valence electrons. The predicted octanol–water partition coefficient (Wildman–Crippen LogP) is 8.28. The zero-order valence-corrected chi connectivity index (χ0v) is 17.4. The first-order chi connectivity index (χ1) is 15.3. The second kappa shape index (κ2) is 8.85. The Morgan fingerprint density at radius 3 is 0.839 bits per heavy atom. The fourth-order valence-corrected chi connectivity index (χ4v) is 3.98. The summed E-state index contributed by atoms with van der Waals surface area (Å²) in [7, 11) is 0. The van der Waals surface area contributed by atoms with Gasteiger partial charge in [0.05, 0.1) is 0 Å². The molecule has 5 aromatic carbocycles. The third-order valence-corrected chi connectivity index (χ3v) is 5.75. The summed E-state index contributed by atoms with van der Waals surface area (Å²) in [6, 6.07) is 47.7. The highest BCUT2D eigenvalue weighted by Crippen LogP contribution is 2.26. The molecule has 0 aliphatic heterocycles. The molecule has 0 heteroatoms. The van der Waals surface area contributed by atoms with E-state index in [0.717, 1.165) is 6.42 Å². The van der Waals surface area contributed by atoms with Crippen LogP contribution in [0.15, 0.2) is 133 Å². The van der Waals surface area contributed by atoms with Crippen molar-refractivity contribution < 1.29 is 0 Å². The van der Waals surface area contributed by atoms with Gasteiger partial charge in [-0.3, -0.25) is 0 Å². The van der Waals surface area contributed by atoms with Crippen LogP contribution in [0.5, 0.6) is 0 Å². The molecule has 5 rings (SSSR count). The van der Waals surface area contributed by atoms with Crippen molar-refractivity contribution in [2.24, 2.45) is 0 Å². The van der Waals surface area contributed by atoms with Crippen molar-refractivity contribution in [3.05, 3.63) is 145 Å². The van der Waals surface area contributed by atoms with Gasteiger partial charge < -0.3 is 0 Å². The minimum Gasteiger partial charge on any atom is -0.0622 e. The molecule has 0 N–H and O–H groups in total. The molecular weight excluding hydrogens is 372 g/mol. The largest absolute Gasteiger partial charge is 0.0622 e. The van der Waals surface area contributed by atoms with E-state index in [1.165, 1.54) is 44.5 Å². The first-order valence-corrected chi connectivity index (χ1v) is 10.7. The van der Waals surface area contributed by atoms with E-state index in [0.29, 0.717) is 0 Å². The third kappa shape index (κ3) is 4.49. The Balaban J connectivity index is 1.28. The number of rotatable bonds is 5. The second-order valence-corrected chi connectivity index (χ2v) is 7.88. The van der Waals surface area contributed by atoms with Crippen LogP contribution in [0.25, 0.3) is 33.4 Å². The maximum atomic E-state index is 2.24. The molecule has 0 aliphatic rings. The number of benzene rings is 5. The van der Waals surface area contributed by atoms with Crippen molar-refractivity contribution in [2.75, 3.05) is 0 Å². The van der Waals surface area contributed by atoms with Crippen molar-refractivity contribution in [1.82, 2.24) is 0 Å². The van der Waals surface area contributed by atoms with Crippen molar-refractivity contribution in [3.63, 3.8) is 0 Å². The average Bonchev–Trinajstić information content (AvgIpc) is 2.86. The molecule has 31 heavy (non-hydrogen) atoms. The normalized spacial score (nSPS) is 10.7. The van der Waals surface area contributed by atoms with Gasteiger partial charge in [0.2, 0.25) is 0 Å². The highest BCUT2D eigenvalue weighted by atomic mass is 14.1. The van der Waals surface area contributed by atoms with E-state index in [4.69, 9.17) is 0 Å². The van der Waals surface area contributed by atoms with E-state index in [-0.39, 0.29) is 0 Å². The standard InChI is InChI=1S/C31H24/c1-3-7-26(8-4-1)28-15-11-24(12-16-28)23-25-13-17-29(18-14-25)31-21-19-30(20-22-31)27-9-5-2-6-10-27/h1-22H,23H2. The minimum absolute atomic E-state index is 0.947. The molecule has 0 atom stereocenters. The fourth-order valence-electron chi connectivity index (χ4n) is 3.98. The van der Waals surface area contributed by atoms with Crippen molar-refractivity contribution in [3.8, 4) is 33.4 Å². The Kier molecular flexibility index (Phi) is 5.45. The first kappa shape index (κ1) is 19.1. The van der Waals surface area contributed by atoms with Gasteiger partial charge in [-0.25, -0.2) is 0 Å². The molecule has 0 unspecified atom stereocenters. The van der Waals surface area contributed by atoms with Gasteiger partial charge in [-0.2, -0.15) is 0 Å². The van der Waals surface area contributed by atoms with E-state index < -0.39 is 0 Å². The number of hydrogen-bond donors (Lipinski definition) is 0. The van der Waals surface area contributed by atoms with Crippen LogP contribution in [0.2, 0.25) is 0 Å². The zero-order valence-electron chi connectivity index (χ0n) is 17.4. The fraction of sp³-hybridized carbons (Fsp3) is 0.0323. The molecule has 0 spiro atoms. The van der Waals surface area contributed by atoms with Crippen LogP contribution < -0.4 is 0 Å². The van der Waals surface area contributed by atoms with Crippen LogP contribution in [-0.2, 0) is 6.42 Å². The van der Waals surface area contributed by atoms with Crippen LogP contribution in [0, 0.1) is 0 Å². The van der Waals surface area contributed by atoms with Gasteiger partial charge in [0.15, 0.2) is 0 Å². The summed E-state index contributed by atoms with van der Waals surface area (Å²) in [6.07, 6.45) is 0.947. The van der Waals surface area contributed by atoms with Gasteiger partial charge in [0.1, 0.15) is 0 Å². The highest BCUT2D eigenvalue weighted by molar-refractivity contribution is 5.70. The second-order valence-electron chi connectivity index (χ2n) is 7.88.